The normalized spacial score (nSPS) is 14.7. The van der Waals surface area contributed by atoms with Crippen molar-refractivity contribution in [3.05, 3.63) is 34.4 Å². The number of para-hydroxylation sites is 2. The van der Waals surface area contributed by atoms with Crippen LogP contribution in [0.15, 0.2) is 24.3 Å². The molecule has 1 aromatic carbocycles. The molecule has 7 nitrogen and oxygen atoms in total. The van der Waals surface area contributed by atoms with Gasteiger partial charge in [0.15, 0.2) is 0 Å². The van der Waals surface area contributed by atoms with Crippen LogP contribution in [0.1, 0.15) is 6.42 Å². The van der Waals surface area contributed by atoms with Gasteiger partial charge in [-0.2, -0.15) is 0 Å². The third-order valence-corrected chi connectivity index (χ3v) is 3.55. The average molecular weight is 329 g/mol. The number of nitrogens with one attached hydrogen (secondary N) is 1. The summed E-state index contributed by atoms with van der Waals surface area (Å²) in [5.41, 5.74) is 0.481. The maximum atomic E-state index is 12.3. The van der Waals surface area contributed by atoms with Crippen LogP contribution >= 0.6 is 12.4 Å². The van der Waals surface area contributed by atoms with Gasteiger partial charge in [-0.1, -0.05) is 12.1 Å². The van der Waals surface area contributed by atoms with Crippen molar-refractivity contribution >= 4 is 29.7 Å². The van der Waals surface area contributed by atoms with E-state index < -0.39 is 4.92 Å². The van der Waals surface area contributed by atoms with Gasteiger partial charge >= 0.3 is 0 Å². The lowest BCUT2D eigenvalue weighted by Gasteiger charge is -2.24. The Hall–Kier alpha value is -1.86. The molecule has 0 unspecified atom stereocenters. The van der Waals surface area contributed by atoms with Gasteiger partial charge in [-0.3, -0.25) is 14.9 Å². The molecule has 8 heteroatoms. The highest BCUT2D eigenvalue weighted by Gasteiger charge is 2.21. The van der Waals surface area contributed by atoms with Crippen molar-refractivity contribution < 1.29 is 9.72 Å². The molecule has 1 saturated heterocycles. The lowest BCUT2D eigenvalue weighted by molar-refractivity contribution is -0.384. The van der Waals surface area contributed by atoms with Gasteiger partial charge in [-0.25, -0.2) is 0 Å². The van der Waals surface area contributed by atoms with E-state index in [-0.39, 0.29) is 30.5 Å². The van der Waals surface area contributed by atoms with Crippen molar-refractivity contribution in [1.82, 2.24) is 10.2 Å². The van der Waals surface area contributed by atoms with Gasteiger partial charge in [-0.15, -0.1) is 12.4 Å². The SMILES string of the molecule is CN(CC(=O)N1CCCNCC1)c1ccccc1[N+](=O)[O-].Cl. The highest BCUT2D eigenvalue weighted by atomic mass is 35.5. The molecule has 122 valence electrons. The standard InChI is InChI=1S/C14H20N4O3.ClH/c1-16(12-5-2-3-6-13(12)18(20)21)11-14(19)17-9-4-7-15-8-10-17;/h2-3,5-6,15H,4,7-11H2,1H3;1H. The van der Waals surface area contributed by atoms with Gasteiger partial charge < -0.3 is 15.1 Å². The van der Waals surface area contributed by atoms with Crippen LogP contribution in [0.5, 0.6) is 0 Å². The molecule has 1 N–H and O–H groups in total. The molecule has 0 spiro atoms. The number of carbonyl (C=O) groups excluding carboxylic acids is 1. The summed E-state index contributed by atoms with van der Waals surface area (Å²) in [6.07, 6.45) is 0.931. The van der Waals surface area contributed by atoms with Gasteiger partial charge in [-0.05, 0) is 19.0 Å². The van der Waals surface area contributed by atoms with Crippen molar-refractivity contribution in [2.75, 3.05) is 44.7 Å². The molecular weight excluding hydrogens is 308 g/mol. The van der Waals surface area contributed by atoms with Crippen LogP contribution in [0.3, 0.4) is 0 Å². The van der Waals surface area contributed by atoms with E-state index in [9.17, 15) is 14.9 Å². The zero-order valence-electron chi connectivity index (χ0n) is 12.5. The second-order valence-corrected chi connectivity index (χ2v) is 5.09. The fourth-order valence-corrected chi connectivity index (χ4v) is 2.42. The number of hydrogen-bond acceptors (Lipinski definition) is 5. The van der Waals surface area contributed by atoms with E-state index >= 15 is 0 Å². The van der Waals surface area contributed by atoms with Gasteiger partial charge in [0, 0.05) is 32.7 Å². The molecule has 0 bridgehead atoms. The minimum absolute atomic E-state index is 0. The zero-order chi connectivity index (χ0) is 15.2. The summed E-state index contributed by atoms with van der Waals surface area (Å²) in [5.74, 6) is -0.000601. The van der Waals surface area contributed by atoms with Crippen LogP contribution in [0.25, 0.3) is 0 Å². The first-order valence-corrected chi connectivity index (χ1v) is 7.02. The number of amides is 1. The van der Waals surface area contributed by atoms with Gasteiger partial charge in [0.05, 0.1) is 11.5 Å². The van der Waals surface area contributed by atoms with Crippen LogP contribution in [0, 0.1) is 10.1 Å². The number of carbonyl (C=O) groups is 1. The molecule has 22 heavy (non-hydrogen) atoms. The minimum Gasteiger partial charge on any atom is -0.360 e. The summed E-state index contributed by atoms with van der Waals surface area (Å²) in [4.78, 5) is 26.4. The number of benzene rings is 1. The first-order chi connectivity index (χ1) is 10.1. The number of hydrogen-bond donors (Lipinski definition) is 1. The Morgan fingerprint density at radius 3 is 2.82 bits per heavy atom. The third kappa shape index (κ3) is 4.57. The Bertz CT molecular complexity index is 519. The summed E-state index contributed by atoms with van der Waals surface area (Å²) in [6, 6.07) is 6.47. The van der Waals surface area contributed by atoms with Crippen LogP contribution < -0.4 is 10.2 Å². The monoisotopic (exact) mass is 328 g/mol. The minimum atomic E-state index is -0.424. The number of rotatable bonds is 4. The van der Waals surface area contributed by atoms with Crippen molar-refractivity contribution in [2.24, 2.45) is 0 Å². The highest BCUT2D eigenvalue weighted by Crippen LogP contribution is 2.26. The quantitative estimate of drug-likeness (QED) is 0.665. The molecule has 1 aromatic rings. The molecule has 0 radical (unpaired) electrons. The van der Waals surface area contributed by atoms with Crippen LogP contribution in [0.4, 0.5) is 11.4 Å². The Morgan fingerprint density at radius 1 is 1.36 bits per heavy atom. The average Bonchev–Trinajstić information content (AvgIpc) is 2.76. The van der Waals surface area contributed by atoms with Crippen molar-refractivity contribution in [1.29, 1.82) is 0 Å². The second-order valence-electron chi connectivity index (χ2n) is 5.09. The van der Waals surface area contributed by atoms with E-state index in [4.69, 9.17) is 0 Å². The largest absolute Gasteiger partial charge is 0.360 e. The molecule has 1 aliphatic heterocycles. The van der Waals surface area contributed by atoms with E-state index in [1.54, 1.807) is 30.1 Å². The number of nitro benzene ring substituents is 1. The fraction of sp³-hybridized carbons (Fsp3) is 0.500. The summed E-state index contributed by atoms with van der Waals surface area (Å²) in [5, 5.41) is 14.3. The number of nitro groups is 1. The summed E-state index contributed by atoms with van der Waals surface area (Å²) in [7, 11) is 1.70. The van der Waals surface area contributed by atoms with Gasteiger partial charge in [0.25, 0.3) is 5.69 Å². The maximum absolute atomic E-state index is 12.3. The summed E-state index contributed by atoms with van der Waals surface area (Å²) < 4.78 is 0. The summed E-state index contributed by atoms with van der Waals surface area (Å²) in [6.45, 7) is 3.27. The van der Waals surface area contributed by atoms with Crippen LogP contribution in [-0.4, -0.2) is 55.5 Å². The Morgan fingerprint density at radius 2 is 2.09 bits per heavy atom. The Labute approximate surface area is 135 Å². The Balaban J connectivity index is 0.00000242. The van der Waals surface area contributed by atoms with Crippen LogP contribution in [-0.2, 0) is 4.79 Å². The topological polar surface area (TPSA) is 78.7 Å². The second kappa shape index (κ2) is 8.55. The van der Waals surface area contributed by atoms with Crippen LogP contribution in [0.2, 0.25) is 0 Å². The molecule has 1 amide bonds. The zero-order valence-corrected chi connectivity index (χ0v) is 13.3. The van der Waals surface area contributed by atoms with Gasteiger partial charge in [0.1, 0.15) is 5.69 Å². The third-order valence-electron chi connectivity index (χ3n) is 3.55. The smallest absolute Gasteiger partial charge is 0.292 e. The van der Waals surface area contributed by atoms with E-state index in [1.165, 1.54) is 6.07 Å². The van der Waals surface area contributed by atoms with Crippen molar-refractivity contribution in [3.63, 3.8) is 0 Å². The number of anilines is 1. The van der Waals surface area contributed by atoms with Gasteiger partial charge in [0.2, 0.25) is 5.91 Å². The molecule has 0 atom stereocenters. The number of nitrogens with zero attached hydrogens (tertiary/aromatic N) is 3. The molecule has 1 fully saturated rings. The predicted octanol–water partition coefficient (Wildman–Crippen LogP) is 1.27. The Kier molecular flexibility index (Phi) is 7.07. The first-order valence-electron chi connectivity index (χ1n) is 7.02. The predicted molar refractivity (Wildman–Crippen MR) is 87.7 cm³/mol. The van der Waals surface area contributed by atoms with Crippen molar-refractivity contribution in [2.45, 2.75) is 6.42 Å². The molecule has 0 aromatic heterocycles. The van der Waals surface area contributed by atoms with Crippen molar-refractivity contribution in [3.8, 4) is 0 Å². The van der Waals surface area contributed by atoms with E-state index in [2.05, 4.69) is 5.32 Å². The lowest BCUT2D eigenvalue weighted by atomic mass is 10.2. The molecular formula is C14H21ClN4O3. The molecule has 0 aliphatic carbocycles. The van der Waals surface area contributed by atoms with E-state index in [1.807, 2.05) is 4.90 Å². The molecule has 0 saturated carbocycles. The first kappa shape index (κ1) is 18.2. The molecule has 1 heterocycles. The summed E-state index contributed by atoms with van der Waals surface area (Å²) >= 11 is 0. The highest BCUT2D eigenvalue weighted by molar-refractivity contribution is 5.85. The maximum Gasteiger partial charge on any atom is 0.292 e. The molecule has 1 aliphatic rings. The molecule has 2 rings (SSSR count). The van der Waals surface area contributed by atoms with E-state index in [0.717, 1.165) is 26.1 Å². The number of likely N-dealkylation sites (N-methyl/N-ethyl adjacent to an activating group) is 1. The van der Waals surface area contributed by atoms with E-state index in [0.29, 0.717) is 12.2 Å². The number of halogens is 1. The lowest BCUT2D eigenvalue weighted by Crippen LogP contribution is -2.40. The fourth-order valence-electron chi connectivity index (χ4n) is 2.42.